The van der Waals surface area contributed by atoms with Gasteiger partial charge in [-0.25, -0.2) is 9.13 Å². The predicted molar refractivity (Wildman–Crippen MR) is 257 cm³/mol. The zero-order valence-electron chi connectivity index (χ0n) is 40.6. The van der Waals surface area contributed by atoms with E-state index in [9.17, 15) is 10.2 Å². The van der Waals surface area contributed by atoms with E-state index >= 15 is 0 Å². The number of aromatic hydroxyl groups is 2. The van der Waals surface area contributed by atoms with E-state index in [0.717, 1.165) is 61.0 Å². The fourth-order valence-corrected chi connectivity index (χ4v) is 8.44. The van der Waals surface area contributed by atoms with Crippen LogP contribution in [0.2, 0.25) is 0 Å². The van der Waals surface area contributed by atoms with Crippen LogP contribution in [-0.4, -0.2) is 62.9 Å². The molecule has 5 rings (SSSR count). The summed E-state index contributed by atoms with van der Waals surface area (Å²) in [6.07, 6.45) is 16.3. The first-order chi connectivity index (χ1) is 28.2. The zero-order chi connectivity index (χ0) is 45.3. The molecule has 0 amide bonds. The molecule has 0 bridgehead atoms. The average Bonchev–Trinajstić information content (AvgIpc) is 3.75. The van der Waals surface area contributed by atoms with Crippen LogP contribution in [0.25, 0.3) is 0 Å². The third-order valence-corrected chi connectivity index (χ3v) is 12.6. The lowest BCUT2D eigenvalue weighted by Gasteiger charge is -2.27. The Kier molecular flexibility index (Phi) is 13.9. The summed E-state index contributed by atoms with van der Waals surface area (Å²) < 4.78 is 4.55. The van der Waals surface area contributed by atoms with Gasteiger partial charge < -0.3 is 20.0 Å². The maximum atomic E-state index is 11.8. The molecule has 1 saturated carbocycles. The number of phenolic OH excluding ortho intramolecular Hbond substituents is 2. The maximum Gasteiger partial charge on any atom is 0.170 e. The molecule has 1 aliphatic carbocycles. The number of aromatic nitrogens is 2. The molecule has 2 heterocycles. The van der Waals surface area contributed by atoms with Crippen LogP contribution >= 0.6 is 0 Å². The molecule has 2 aromatic carbocycles. The van der Waals surface area contributed by atoms with Gasteiger partial charge in [0.15, 0.2) is 24.8 Å². The molecule has 0 spiro atoms. The minimum atomic E-state index is -0.246. The van der Waals surface area contributed by atoms with Crippen molar-refractivity contribution in [1.82, 2.24) is 0 Å². The van der Waals surface area contributed by atoms with E-state index in [-0.39, 0.29) is 39.2 Å². The van der Waals surface area contributed by atoms with Gasteiger partial charge in [0.05, 0.1) is 12.1 Å². The Morgan fingerprint density at radius 1 is 0.541 bits per heavy atom. The molecule has 2 aromatic heterocycles. The van der Waals surface area contributed by atoms with E-state index in [1.165, 1.54) is 22.5 Å². The monoisotopic (exact) mass is 831 g/mol. The lowest BCUT2D eigenvalue weighted by Crippen LogP contribution is -2.34. The molecule has 2 N–H and O–H groups in total. The highest BCUT2D eigenvalue weighted by Crippen LogP contribution is 2.58. The Balaban J connectivity index is 1.60. The van der Waals surface area contributed by atoms with Crippen molar-refractivity contribution >= 4 is 23.8 Å². The Hall–Kier alpha value is -4.72. The summed E-state index contributed by atoms with van der Waals surface area (Å²) in [5.74, 6) is 0.591. The normalized spacial score (nSPS) is 17.0. The van der Waals surface area contributed by atoms with E-state index in [4.69, 9.17) is 9.98 Å². The minimum Gasteiger partial charge on any atom is -0.507 e. The first-order valence-corrected chi connectivity index (χ1v) is 22.4. The highest BCUT2D eigenvalue weighted by molar-refractivity contribution is 5.87. The maximum absolute atomic E-state index is 11.8. The van der Waals surface area contributed by atoms with Crippen molar-refractivity contribution < 1.29 is 19.3 Å². The Morgan fingerprint density at radius 3 is 1.15 bits per heavy atom. The summed E-state index contributed by atoms with van der Waals surface area (Å²) in [7, 11) is 8.27. The molecule has 61 heavy (non-hydrogen) atoms. The van der Waals surface area contributed by atoms with Crippen LogP contribution in [0.1, 0.15) is 142 Å². The number of benzene rings is 2. The number of aryl methyl sites for hydroxylation is 2. The second-order valence-corrected chi connectivity index (χ2v) is 22.2. The molecular formula is C53H78N6O2+2. The summed E-state index contributed by atoms with van der Waals surface area (Å²) in [6, 6.07) is 17.0. The van der Waals surface area contributed by atoms with Gasteiger partial charge in [-0.2, -0.15) is 0 Å². The third-order valence-electron chi connectivity index (χ3n) is 12.6. The molecule has 1 aliphatic rings. The van der Waals surface area contributed by atoms with Crippen molar-refractivity contribution in [2.24, 2.45) is 15.4 Å². The van der Waals surface area contributed by atoms with Gasteiger partial charge in [-0.05, 0) is 57.8 Å². The van der Waals surface area contributed by atoms with Crippen LogP contribution in [0.5, 0.6) is 11.5 Å². The average molecular weight is 831 g/mol. The van der Waals surface area contributed by atoms with Gasteiger partial charge in [-0.15, -0.1) is 0 Å². The highest BCUT2D eigenvalue weighted by Gasteiger charge is 2.64. The molecule has 2 atom stereocenters. The summed E-state index contributed by atoms with van der Waals surface area (Å²) in [5, 5.41) is 23.6. The quantitative estimate of drug-likeness (QED) is 0.0980. The molecule has 330 valence electrons. The summed E-state index contributed by atoms with van der Waals surface area (Å²) in [5.41, 5.74) is 7.14. The van der Waals surface area contributed by atoms with Crippen molar-refractivity contribution in [2.45, 2.75) is 156 Å². The smallest absolute Gasteiger partial charge is 0.170 e. The predicted octanol–water partition coefficient (Wildman–Crippen LogP) is 10.2. The molecule has 0 radical (unpaired) electrons. The first kappa shape index (κ1) is 47.3. The number of hydrogen-bond acceptors (Lipinski definition) is 6. The Morgan fingerprint density at radius 2 is 0.869 bits per heavy atom. The largest absolute Gasteiger partial charge is 0.507 e. The summed E-state index contributed by atoms with van der Waals surface area (Å²) >= 11 is 0. The zero-order valence-corrected chi connectivity index (χ0v) is 40.6. The van der Waals surface area contributed by atoms with Gasteiger partial charge in [0.1, 0.15) is 24.6 Å². The molecular weight excluding hydrogens is 753 g/mol. The van der Waals surface area contributed by atoms with Gasteiger partial charge in [-0.1, -0.05) is 95.2 Å². The second kappa shape index (κ2) is 17.9. The summed E-state index contributed by atoms with van der Waals surface area (Å²) in [4.78, 5) is 15.1. The lowest BCUT2D eigenvalue weighted by atomic mass is 9.79. The molecule has 8 heteroatoms. The third kappa shape index (κ3) is 11.4. The molecule has 0 saturated heterocycles. The topological polar surface area (TPSA) is 79.4 Å². The number of anilines is 2. The Bertz CT molecular complexity index is 2020. The van der Waals surface area contributed by atoms with Crippen molar-refractivity contribution in [3.05, 3.63) is 107 Å². The molecule has 1 fully saturated rings. The standard InChI is InChI=1S/C53H76N6O2/c1-49(2,3)39-31-37(45(60)43(33-39)51(7,8)9)35-54-47-48(55-36-38-32-40(50(4,5)6)34-44(46(38)61)52(10,11)12)53(47,23-17-25-58-27-19-41(20-28-58)56(13)14)24-18-26-59-29-21-42(22-30-59)57(15)16/h19-22,27-36,47-48H,17-18,23-26H2,1-16H3/p+2. The van der Waals surface area contributed by atoms with Gasteiger partial charge >= 0.3 is 0 Å². The van der Waals surface area contributed by atoms with Crippen LogP contribution in [0.15, 0.2) is 83.3 Å². The minimum absolute atomic E-state index is 0.100. The second-order valence-electron chi connectivity index (χ2n) is 22.2. The number of phenols is 2. The van der Waals surface area contributed by atoms with Crippen molar-refractivity contribution in [2.75, 3.05) is 38.0 Å². The van der Waals surface area contributed by atoms with Crippen LogP contribution in [0.4, 0.5) is 11.4 Å². The van der Waals surface area contributed by atoms with Crippen LogP contribution in [0, 0.1) is 5.41 Å². The summed E-state index contributed by atoms with van der Waals surface area (Å²) in [6.45, 7) is 28.0. The molecule has 2 unspecified atom stereocenters. The Labute approximate surface area is 369 Å². The van der Waals surface area contributed by atoms with Crippen LogP contribution < -0.4 is 18.9 Å². The molecule has 8 nitrogen and oxygen atoms in total. The van der Waals surface area contributed by atoms with Crippen molar-refractivity contribution in [3.63, 3.8) is 0 Å². The van der Waals surface area contributed by atoms with Crippen molar-refractivity contribution in [1.29, 1.82) is 0 Å². The van der Waals surface area contributed by atoms with Gasteiger partial charge in [0.25, 0.3) is 0 Å². The number of nitrogens with zero attached hydrogens (tertiary/aromatic N) is 6. The van der Waals surface area contributed by atoms with E-state index < -0.39 is 0 Å². The van der Waals surface area contributed by atoms with Gasteiger partial charge in [0, 0.05) is 117 Å². The number of hydrogen-bond donors (Lipinski definition) is 2. The highest BCUT2D eigenvalue weighted by atomic mass is 16.3. The number of pyridine rings is 2. The van der Waals surface area contributed by atoms with Crippen molar-refractivity contribution in [3.8, 4) is 11.5 Å². The molecule has 0 aliphatic heterocycles. The number of aliphatic imine (C=N–C) groups is 2. The fourth-order valence-electron chi connectivity index (χ4n) is 8.44. The van der Waals surface area contributed by atoms with E-state index in [1.54, 1.807) is 0 Å². The fraction of sp³-hybridized carbons (Fsp3) is 0.547. The number of rotatable bonds is 14. The van der Waals surface area contributed by atoms with E-state index in [2.05, 4.69) is 204 Å². The molecule has 4 aromatic rings. The van der Waals surface area contributed by atoms with E-state index in [1.807, 2.05) is 12.4 Å². The van der Waals surface area contributed by atoms with E-state index in [0.29, 0.717) is 11.5 Å². The first-order valence-electron chi connectivity index (χ1n) is 22.4. The lowest BCUT2D eigenvalue weighted by molar-refractivity contribution is -0.698. The van der Waals surface area contributed by atoms with Gasteiger partial charge in [0.2, 0.25) is 0 Å². The van der Waals surface area contributed by atoms with Crippen LogP contribution in [-0.2, 0) is 34.7 Å². The van der Waals surface area contributed by atoms with Gasteiger partial charge in [-0.3, -0.25) is 9.98 Å². The SMILES string of the molecule is CN(C)c1cc[n+](CCCC2(CCC[n+]3ccc(N(C)C)cc3)C(N=Cc3cc(C(C)(C)C)cc(C(C)(C)C)c3O)C2N=Cc2cc(C(C)(C)C)cc(C(C)(C)C)c2O)cc1. The van der Waals surface area contributed by atoms with Crippen LogP contribution in [0.3, 0.4) is 0 Å².